The Labute approximate surface area is 209 Å². The molecule has 0 saturated carbocycles. The van der Waals surface area contributed by atoms with Crippen molar-refractivity contribution < 1.29 is 14.3 Å². The van der Waals surface area contributed by atoms with E-state index in [4.69, 9.17) is 16.3 Å². The molecule has 34 heavy (non-hydrogen) atoms. The molecule has 2 aromatic heterocycles. The molecule has 1 fully saturated rings. The average molecular weight is 549 g/mol. The zero-order chi connectivity index (χ0) is 23.9. The normalized spacial score (nSPS) is 14.0. The van der Waals surface area contributed by atoms with E-state index in [-0.39, 0.29) is 11.7 Å². The number of H-pyrrole nitrogens is 1. The van der Waals surface area contributed by atoms with Gasteiger partial charge in [-0.2, -0.15) is 0 Å². The second-order valence-electron chi connectivity index (χ2n) is 7.74. The summed E-state index contributed by atoms with van der Waals surface area (Å²) in [7, 11) is 0. The van der Waals surface area contributed by atoms with Gasteiger partial charge in [-0.3, -0.25) is 9.89 Å². The molecule has 3 N–H and O–H groups in total. The Morgan fingerprint density at radius 1 is 1.18 bits per heavy atom. The van der Waals surface area contributed by atoms with Crippen molar-refractivity contribution in [3.8, 4) is 5.88 Å². The van der Waals surface area contributed by atoms with Gasteiger partial charge in [0.2, 0.25) is 5.95 Å². The van der Waals surface area contributed by atoms with Crippen LogP contribution in [-0.2, 0) is 0 Å². The lowest BCUT2D eigenvalue weighted by molar-refractivity contribution is 0.102. The predicted octanol–water partition coefficient (Wildman–Crippen LogP) is 4.26. The number of ether oxygens (including phenoxy) is 1. The number of anilines is 2. The fourth-order valence-electron chi connectivity index (χ4n) is 3.67. The zero-order valence-corrected chi connectivity index (χ0v) is 20.5. The topological polar surface area (TPSA) is 125 Å². The van der Waals surface area contributed by atoms with Crippen molar-refractivity contribution >= 4 is 51.3 Å². The van der Waals surface area contributed by atoms with E-state index in [1.807, 2.05) is 0 Å². The third-order valence-electron chi connectivity index (χ3n) is 5.49. The van der Waals surface area contributed by atoms with E-state index in [0.29, 0.717) is 27.5 Å². The van der Waals surface area contributed by atoms with Crippen LogP contribution < -0.4 is 20.3 Å². The van der Waals surface area contributed by atoms with Crippen molar-refractivity contribution in [3.05, 3.63) is 57.8 Å². The number of nitrogens with zero attached hydrogens (tertiary/aromatic N) is 4. The van der Waals surface area contributed by atoms with E-state index in [2.05, 4.69) is 51.6 Å². The number of rotatable bonds is 7. The fourth-order valence-corrected chi connectivity index (χ4v) is 4.25. The number of carbonyl (C=O) groups excluding carboxylic acids is 2. The van der Waals surface area contributed by atoms with Gasteiger partial charge in [-0.1, -0.05) is 23.7 Å². The van der Waals surface area contributed by atoms with Gasteiger partial charge in [-0.05, 0) is 59.3 Å². The summed E-state index contributed by atoms with van der Waals surface area (Å²) in [5.74, 6) is 1.11. The molecule has 12 heteroatoms. The van der Waals surface area contributed by atoms with Crippen LogP contribution in [0, 0.1) is 5.92 Å². The second-order valence-corrected chi connectivity index (χ2v) is 8.94. The first kappa shape index (κ1) is 24.0. The summed E-state index contributed by atoms with van der Waals surface area (Å²) in [5, 5.41) is 12.3. The van der Waals surface area contributed by atoms with Crippen molar-refractivity contribution in [2.24, 2.45) is 5.92 Å². The summed E-state index contributed by atoms with van der Waals surface area (Å²) in [4.78, 5) is 35.4. The van der Waals surface area contributed by atoms with Crippen molar-refractivity contribution in [2.75, 3.05) is 29.9 Å². The van der Waals surface area contributed by atoms with Crippen molar-refractivity contribution in [1.29, 1.82) is 0 Å². The fraction of sp³-hybridized carbons (Fsp3) is 0.318. The van der Waals surface area contributed by atoms with Crippen LogP contribution in [0.5, 0.6) is 5.88 Å². The highest BCUT2D eigenvalue weighted by molar-refractivity contribution is 9.10. The van der Waals surface area contributed by atoms with Gasteiger partial charge in [0, 0.05) is 32.0 Å². The molecule has 0 spiro atoms. The van der Waals surface area contributed by atoms with Crippen LogP contribution >= 0.6 is 27.5 Å². The van der Waals surface area contributed by atoms with Crippen LogP contribution in [0.2, 0.25) is 5.02 Å². The maximum atomic E-state index is 12.4. The highest BCUT2D eigenvalue weighted by atomic mass is 79.9. The summed E-state index contributed by atoms with van der Waals surface area (Å²) in [6.45, 7) is 2.27. The van der Waals surface area contributed by atoms with Gasteiger partial charge in [-0.15, -0.1) is 5.10 Å². The SMILES string of the molecule is O=C(NCCC1CCN(c2ncccn2)CC1)Oc1n[nH]c(NC(=O)c2ccccc2Cl)c1Br. The molecule has 178 valence electrons. The predicted molar refractivity (Wildman–Crippen MR) is 131 cm³/mol. The highest BCUT2D eigenvalue weighted by Crippen LogP contribution is 2.30. The maximum absolute atomic E-state index is 12.4. The first-order valence-electron chi connectivity index (χ1n) is 10.8. The van der Waals surface area contributed by atoms with Gasteiger partial charge in [-0.25, -0.2) is 14.8 Å². The van der Waals surface area contributed by atoms with Crippen LogP contribution in [0.25, 0.3) is 0 Å². The van der Waals surface area contributed by atoms with E-state index in [1.165, 1.54) is 0 Å². The third-order valence-corrected chi connectivity index (χ3v) is 6.56. The smallest absolute Gasteiger partial charge is 0.388 e. The number of amides is 2. The first-order valence-corrected chi connectivity index (χ1v) is 12.0. The maximum Gasteiger partial charge on any atom is 0.414 e. The lowest BCUT2D eigenvalue weighted by Crippen LogP contribution is -2.36. The molecule has 0 unspecified atom stereocenters. The van der Waals surface area contributed by atoms with Crippen LogP contribution in [-0.4, -0.2) is 51.8 Å². The molecular formula is C22H23BrClN7O3. The monoisotopic (exact) mass is 547 g/mol. The van der Waals surface area contributed by atoms with Crippen molar-refractivity contribution in [1.82, 2.24) is 25.5 Å². The molecule has 0 atom stereocenters. The minimum Gasteiger partial charge on any atom is -0.388 e. The van der Waals surface area contributed by atoms with Gasteiger partial charge in [0.15, 0.2) is 0 Å². The molecule has 2 amide bonds. The summed E-state index contributed by atoms with van der Waals surface area (Å²) in [5.41, 5.74) is 0.313. The summed E-state index contributed by atoms with van der Waals surface area (Å²) in [6.07, 6.45) is 5.74. The summed E-state index contributed by atoms with van der Waals surface area (Å²) < 4.78 is 5.58. The average Bonchev–Trinajstić information content (AvgIpc) is 3.19. The number of nitrogens with one attached hydrogen (secondary N) is 3. The van der Waals surface area contributed by atoms with Gasteiger partial charge >= 0.3 is 6.09 Å². The Kier molecular flexibility index (Phi) is 7.96. The van der Waals surface area contributed by atoms with E-state index >= 15 is 0 Å². The summed E-state index contributed by atoms with van der Waals surface area (Å²) >= 11 is 9.35. The molecule has 0 aliphatic carbocycles. The Hall–Kier alpha value is -3.18. The van der Waals surface area contributed by atoms with Crippen LogP contribution in [0.1, 0.15) is 29.6 Å². The molecule has 3 aromatic rings. The van der Waals surface area contributed by atoms with Gasteiger partial charge in [0.25, 0.3) is 11.8 Å². The van der Waals surface area contributed by atoms with Crippen LogP contribution in [0.4, 0.5) is 16.6 Å². The highest BCUT2D eigenvalue weighted by Gasteiger charge is 2.22. The van der Waals surface area contributed by atoms with Crippen LogP contribution in [0.15, 0.2) is 47.2 Å². The lowest BCUT2D eigenvalue weighted by atomic mass is 9.94. The largest absolute Gasteiger partial charge is 0.414 e. The number of piperidine rings is 1. The van der Waals surface area contributed by atoms with Gasteiger partial charge in [0.05, 0.1) is 10.6 Å². The number of aromatic amines is 1. The standard InChI is InChI=1S/C22H23BrClN7O3/c23-17-18(28-19(32)15-4-1-2-5-16(15)24)29-30-20(17)34-22(33)27-11-6-14-7-12-31(13-8-14)21-25-9-3-10-26-21/h1-5,9-10,14H,6-8,11-13H2,(H,27,33)(H2,28,29,30,32). The molecule has 0 bridgehead atoms. The molecule has 4 rings (SSSR count). The quantitative estimate of drug-likeness (QED) is 0.403. The number of hydrogen-bond donors (Lipinski definition) is 3. The van der Waals surface area contributed by atoms with E-state index in [0.717, 1.165) is 38.3 Å². The van der Waals surface area contributed by atoms with E-state index in [1.54, 1.807) is 42.7 Å². The van der Waals surface area contributed by atoms with Gasteiger partial charge < -0.3 is 20.3 Å². The molecule has 1 saturated heterocycles. The second kappa shape index (κ2) is 11.3. The molecule has 1 aliphatic rings. The number of halogens is 2. The molecule has 1 aliphatic heterocycles. The Bertz CT molecular complexity index is 1140. The van der Waals surface area contributed by atoms with E-state index in [9.17, 15) is 9.59 Å². The van der Waals surface area contributed by atoms with Crippen molar-refractivity contribution in [2.45, 2.75) is 19.3 Å². The Morgan fingerprint density at radius 3 is 2.65 bits per heavy atom. The zero-order valence-electron chi connectivity index (χ0n) is 18.1. The van der Waals surface area contributed by atoms with E-state index < -0.39 is 12.0 Å². The number of aromatic nitrogens is 4. The number of hydrogen-bond acceptors (Lipinski definition) is 7. The molecule has 0 radical (unpaired) electrons. The molecule has 10 nitrogen and oxygen atoms in total. The first-order chi connectivity index (χ1) is 16.5. The molecule has 3 heterocycles. The number of carbonyl (C=O) groups is 2. The minimum atomic E-state index is -0.619. The Balaban J connectivity index is 1.20. The lowest BCUT2D eigenvalue weighted by Gasteiger charge is -2.31. The molecule has 1 aromatic carbocycles. The van der Waals surface area contributed by atoms with Crippen LogP contribution in [0.3, 0.4) is 0 Å². The number of benzene rings is 1. The summed E-state index contributed by atoms with van der Waals surface area (Å²) in [6, 6.07) is 8.48. The Morgan fingerprint density at radius 2 is 1.91 bits per heavy atom. The van der Waals surface area contributed by atoms with Crippen molar-refractivity contribution in [3.63, 3.8) is 0 Å². The minimum absolute atomic E-state index is 0.0168. The molecular weight excluding hydrogens is 526 g/mol. The third kappa shape index (κ3) is 6.03. The van der Waals surface area contributed by atoms with Gasteiger partial charge in [0.1, 0.15) is 10.3 Å².